The van der Waals surface area contributed by atoms with Gasteiger partial charge in [0.25, 0.3) is 0 Å². The molecule has 126 valence electrons. The average Bonchev–Trinajstić information content (AvgIpc) is 2.62. The van der Waals surface area contributed by atoms with Crippen molar-refractivity contribution in [2.75, 3.05) is 24.1 Å². The van der Waals surface area contributed by atoms with E-state index < -0.39 is 0 Å². The molecular formula is C19H29N3O. The van der Waals surface area contributed by atoms with Crippen molar-refractivity contribution in [2.45, 2.75) is 53.0 Å². The number of carbonyl (C=O) groups excluding carboxylic acids is 1. The number of anilines is 2. The number of carbonyl (C=O) groups is 1. The lowest BCUT2D eigenvalue weighted by Gasteiger charge is -2.39. The van der Waals surface area contributed by atoms with Gasteiger partial charge in [-0.15, -0.1) is 0 Å². The SMILES string of the molecule is Cc1ccc(N)cc1NC(=O)CN1CC2(C)CC1CC(C)(C)C2. The second kappa shape index (κ2) is 5.52. The van der Waals surface area contributed by atoms with Gasteiger partial charge >= 0.3 is 0 Å². The van der Waals surface area contributed by atoms with Gasteiger partial charge in [0.1, 0.15) is 0 Å². The number of nitrogens with two attached hydrogens (primary N) is 1. The Morgan fingerprint density at radius 3 is 2.83 bits per heavy atom. The summed E-state index contributed by atoms with van der Waals surface area (Å²) in [6, 6.07) is 6.17. The molecule has 3 rings (SSSR count). The Morgan fingerprint density at radius 2 is 2.09 bits per heavy atom. The largest absolute Gasteiger partial charge is 0.399 e. The minimum absolute atomic E-state index is 0.0626. The van der Waals surface area contributed by atoms with Crippen LogP contribution in [0.4, 0.5) is 11.4 Å². The summed E-state index contributed by atoms with van der Waals surface area (Å²) in [6.07, 6.45) is 3.66. The van der Waals surface area contributed by atoms with E-state index >= 15 is 0 Å². The summed E-state index contributed by atoms with van der Waals surface area (Å²) in [4.78, 5) is 14.9. The van der Waals surface area contributed by atoms with Gasteiger partial charge in [-0.05, 0) is 54.7 Å². The van der Waals surface area contributed by atoms with E-state index in [0.717, 1.165) is 17.8 Å². The maximum absolute atomic E-state index is 12.5. The third-order valence-electron chi connectivity index (χ3n) is 5.41. The highest BCUT2D eigenvalue weighted by atomic mass is 16.2. The third-order valence-corrected chi connectivity index (χ3v) is 5.41. The van der Waals surface area contributed by atoms with E-state index in [4.69, 9.17) is 5.73 Å². The zero-order valence-electron chi connectivity index (χ0n) is 14.8. The number of benzene rings is 1. The Balaban J connectivity index is 1.66. The Hall–Kier alpha value is -1.55. The maximum Gasteiger partial charge on any atom is 0.238 e. The van der Waals surface area contributed by atoms with Crippen LogP contribution in [0.15, 0.2) is 18.2 Å². The average molecular weight is 315 g/mol. The first kappa shape index (κ1) is 16.3. The molecule has 1 aromatic rings. The number of aryl methyl sites for hydroxylation is 1. The third kappa shape index (κ3) is 3.52. The van der Waals surface area contributed by atoms with Crippen LogP contribution in [0.5, 0.6) is 0 Å². The smallest absolute Gasteiger partial charge is 0.238 e. The quantitative estimate of drug-likeness (QED) is 0.840. The molecule has 1 amide bonds. The molecule has 1 aromatic carbocycles. The fraction of sp³-hybridized carbons (Fsp3) is 0.632. The van der Waals surface area contributed by atoms with E-state index in [1.165, 1.54) is 19.3 Å². The van der Waals surface area contributed by atoms with E-state index in [-0.39, 0.29) is 5.91 Å². The molecule has 2 bridgehead atoms. The molecule has 1 saturated carbocycles. The predicted molar refractivity (Wildman–Crippen MR) is 95.3 cm³/mol. The minimum Gasteiger partial charge on any atom is -0.399 e. The van der Waals surface area contributed by atoms with Gasteiger partial charge in [-0.25, -0.2) is 0 Å². The van der Waals surface area contributed by atoms with Gasteiger partial charge in [0.05, 0.1) is 6.54 Å². The normalized spacial score (nSPS) is 29.5. The fourth-order valence-corrected chi connectivity index (χ4v) is 4.91. The summed E-state index contributed by atoms with van der Waals surface area (Å²) in [5, 5.41) is 3.03. The van der Waals surface area contributed by atoms with E-state index in [9.17, 15) is 4.79 Å². The van der Waals surface area contributed by atoms with E-state index in [2.05, 4.69) is 31.0 Å². The lowest BCUT2D eigenvalue weighted by Crippen LogP contribution is -2.38. The number of nitrogens with one attached hydrogen (secondary N) is 1. The van der Waals surface area contributed by atoms with Gasteiger partial charge in [0.2, 0.25) is 5.91 Å². The van der Waals surface area contributed by atoms with Crippen LogP contribution >= 0.6 is 0 Å². The first-order valence-electron chi connectivity index (χ1n) is 8.56. The number of rotatable bonds is 3. The number of hydrogen-bond acceptors (Lipinski definition) is 3. The summed E-state index contributed by atoms with van der Waals surface area (Å²) in [5.74, 6) is 0.0626. The van der Waals surface area contributed by atoms with Crippen molar-refractivity contribution in [2.24, 2.45) is 10.8 Å². The summed E-state index contributed by atoms with van der Waals surface area (Å²) >= 11 is 0. The number of amides is 1. The van der Waals surface area contributed by atoms with Crippen molar-refractivity contribution in [1.82, 2.24) is 4.90 Å². The lowest BCUT2D eigenvalue weighted by molar-refractivity contribution is -0.117. The van der Waals surface area contributed by atoms with Crippen LogP contribution in [0.2, 0.25) is 0 Å². The lowest BCUT2D eigenvalue weighted by atomic mass is 9.65. The van der Waals surface area contributed by atoms with Gasteiger partial charge in [0.15, 0.2) is 0 Å². The minimum atomic E-state index is 0.0626. The van der Waals surface area contributed by atoms with Crippen molar-refractivity contribution >= 4 is 17.3 Å². The van der Waals surface area contributed by atoms with Crippen LogP contribution < -0.4 is 11.1 Å². The molecule has 0 radical (unpaired) electrons. The number of nitrogen functional groups attached to an aromatic ring is 1. The Labute approximate surface area is 139 Å². The van der Waals surface area contributed by atoms with E-state index in [1.807, 2.05) is 25.1 Å². The molecule has 3 N–H and O–H groups in total. The molecule has 2 atom stereocenters. The molecule has 4 nitrogen and oxygen atoms in total. The van der Waals surface area contributed by atoms with Crippen LogP contribution in [0, 0.1) is 17.8 Å². The van der Waals surface area contributed by atoms with Crippen molar-refractivity contribution in [3.05, 3.63) is 23.8 Å². The van der Waals surface area contributed by atoms with Crippen molar-refractivity contribution in [1.29, 1.82) is 0 Å². The zero-order chi connectivity index (χ0) is 16.8. The van der Waals surface area contributed by atoms with Gasteiger partial charge in [-0.3, -0.25) is 9.69 Å². The van der Waals surface area contributed by atoms with Gasteiger partial charge in [-0.1, -0.05) is 26.8 Å². The summed E-state index contributed by atoms with van der Waals surface area (Å²) in [6.45, 7) is 10.6. The predicted octanol–water partition coefficient (Wildman–Crippen LogP) is 3.42. The van der Waals surface area contributed by atoms with Crippen LogP contribution in [0.25, 0.3) is 0 Å². The van der Waals surface area contributed by atoms with Crippen LogP contribution in [-0.4, -0.2) is 29.9 Å². The molecule has 23 heavy (non-hydrogen) atoms. The second-order valence-electron chi connectivity index (χ2n) is 8.74. The number of hydrogen-bond donors (Lipinski definition) is 2. The Bertz CT molecular complexity index is 625. The van der Waals surface area contributed by atoms with Gasteiger partial charge in [0, 0.05) is 24.0 Å². The van der Waals surface area contributed by atoms with Crippen LogP contribution in [-0.2, 0) is 4.79 Å². The molecule has 1 heterocycles. The standard InChI is InChI=1S/C19H29N3O/c1-13-5-6-14(20)7-16(13)21-17(23)10-22-12-19(4)9-15(22)8-18(2,3)11-19/h5-7,15H,8-12,20H2,1-4H3,(H,21,23). The molecule has 1 aliphatic carbocycles. The summed E-state index contributed by atoms with van der Waals surface area (Å²) in [7, 11) is 0. The molecule has 2 fully saturated rings. The maximum atomic E-state index is 12.5. The van der Waals surface area contributed by atoms with E-state index in [1.54, 1.807) is 0 Å². The summed E-state index contributed by atoms with van der Waals surface area (Å²) in [5.41, 5.74) is 9.11. The van der Waals surface area contributed by atoms with Gasteiger partial charge in [-0.2, -0.15) is 0 Å². The second-order valence-corrected chi connectivity index (χ2v) is 8.74. The first-order chi connectivity index (χ1) is 10.7. The Morgan fingerprint density at radius 1 is 1.35 bits per heavy atom. The highest BCUT2D eigenvalue weighted by molar-refractivity contribution is 5.93. The molecule has 0 spiro atoms. The van der Waals surface area contributed by atoms with Gasteiger partial charge < -0.3 is 11.1 Å². The first-order valence-corrected chi connectivity index (χ1v) is 8.56. The van der Waals surface area contributed by atoms with Crippen molar-refractivity contribution in [3.63, 3.8) is 0 Å². The molecule has 1 aliphatic heterocycles. The topological polar surface area (TPSA) is 58.4 Å². The molecule has 2 unspecified atom stereocenters. The number of fused-ring (bicyclic) bond motifs is 2. The molecule has 0 aromatic heterocycles. The monoisotopic (exact) mass is 315 g/mol. The molecule has 1 saturated heterocycles. The van der Waals surface area contributed by atoms with E-state index in [0.29, 0.717) is 29.1 Å². The number of nitrogens with zero attached hydrogens (tertiary/aromatic N) is 1. The Kier molecular flexibility index (Phi) is 3.91. The van der Waals surface area contributed by atoms with Crippen LogP contribution in [0.3, 0.4) is 0 Å². The van der Waals surface area contributed by atoms with Crippen molar-refractivity contribution in [3.8, 4) is 0 Å². The highest BCUT2D eigenvalue weighted by Crippen LogP contribution is 2.52. The fourth-order valence-electron chi connectivity index (χ4n) is 4.91. The highest BCUT2D eigenvalue weighted by Gasteiger charge is 2.49. The zero-order valence-corrected chi connectivity index (χ0v) is 14.8. The molecule has 4 heteroatoms. The number of likely N-dealkylation sites (tertiary alicyclic amines) is 1. The summed E-state index contributed by atoms with van der Waals surface area (Å²) < 4.78 is 0. The van der Waals surface area contributed by atoms with Crippen molar-refractivity contribution < 1.29 is 4.79 Å². The molecule has 2 aliphatic rings. The molecular weight excluding hydrogens is 286 g/mol. The van der Waals surface area contributed by atoms with Crippen LogP contribution in [0.1, 0.15) is 45.6 Å².